The third-order valence-electron chi connectivity index (χ3n) is 3.69. The monoisotopic (exact) mass is 334 g/mol. The lowest BCUT2D eigenvalue weighted by atomic mass is 10.1. The van der Waals surface area contributed by atoms with Crippen LogP contribution in [0, 0.1) is 0 Å². The van der Waals surface area contributed by atoms with Gasteiger partial charge < -0.3 is 10.1 Å². The van der Waals surface area contributed by atoms with E-state index < -0.39 is 0 Å². The highest BCUT2D eigenvalue weighted by molar-refractivity contribution is 5.39. The molecule has 0 aliphatic heterocycles. The number of benzene rings is 2. The van der Waals surface area contributed by atoms with E-state index in [1.807, 2.05) is 37.3 Å². The average Bonchev–Trinajstić information content (AvgIpc) is 3.15. The van der Waals surface area contributed by atoms with Crippen molar-refractivity contribution >= 4 is 0 Å². The highest BCUT2D eigenvalue weighted by atomic mass is 16.5. The van der Waals surface area contributed by atoms with Crippen LogP contribution in [0.15, 0.2) is 73.3 Å². The first kappa shape index (κ1) is 16.9. The Hall–Kier alpha value is -2.92. The summed E-state index contributed by atoms with van der Waals surface area (Å²) in [4.78, 5) is 4.02. The lowest BCUT2D eigenvalue weighted by Crippen LogP contribution is -2.14. The van der Waals surface area contributed by atoms with Crippen molar-refractivity contribution < 1.29 is 4.74 Å². The normalized spacial score (nSPS) is 10.6. The Morgan fingerprint density at radius 1 is 1.16 bits per heavy atom. The molecule has 1 N–H and O–H groups in total. The molecule has 0 unspecified atom stereocenters. The van der Waals surface area contributed by atoms with Gasteiger partial charge in [-0.05, 0) is 41.8 Å². The summed E-state index contributed by atoms with van der Waals surface area (Å²) in [5.41, 5.74) is 4.39. The molecular weight excluding hydrogens is 312 g/mol. The Kier molecular flexibility index (Phi) is 5.59. The molecule has 0 aliphatic rings. The standard InChI is InChI=1S/C20H22N4O/c1-16(2)13-25-19-8-5-6-17(10-19)11-21-12-18-7-3-4-9-20(18)24-15-22-14-23-24/h3-10,14-15,21H,1,11-13H2,2H3. The van der Waals surface area contributed by atoms with Gasteiger partial charge in [-0.2, -0.15) is 5.10 Å². The van der Waals surface area contributed by atoms with Gasteiger partial charge in [0.05, 0.1) is 5.69 Å². The van der Waals surface area contributed by atoms with Crippen LogP contribution in [0.25, 0.3) is 5.69 Å². The van der Waals surface area contributed by atoms with Crippen LogP contribution in [0.3, 0.4) is 0 Å². The first-order valence-electron chi connectivity index (χ1n) is 8.22. The van der Waals surface area contributed by atoms with E-state index in [2.05, 4.69) is 40.2 Å². The van der Waals surface area contributed by atoms with E-state index in [-0.39, 0.29) is 0 Å². The number of aromatic nitrogens is 3. The molecule has 0 atom stereocenters. The second kappa shape index (κ2) is 8.26. The number of ether oxygens (including phenoxy) is 1. The molecule has 0 saturated carbocycles. The lowest BCUT2D eigenvalue weighted by Gasteiger charge is -2.11. The minimum absolute atomic E-state index is 0.544. The molecule has 0 saturated heterocycles. The maximum atomic E-state index is 5.69. The van der Waals surface area contributed by atoms with Gasteiger partial charge in [0.25, 0.3) is 0 Å². The summed E-state index contributed by atoms with van der Waals surface area (Å²) in [7, 11) is 0. The maximum absolute atomic E-state index is 5.69. The SMILES string of the molecule is C=C(C)COc1cccc(CNCc2ccccc2-n2cncn2)c1. The molecule has 0 spiro atoms. The van der Waals surface area contributed by atoms with Gasteiger partial charge >= 0.3 is 0 Å². The van der Waals surface area contributed by atoms with E-state index in [1.165, 1.54) is 11.1 Å². The van der Waals surface area contributed by atoms with Gasteiger partial charge in [-0.25, -0.2) is 9.67 Å². The number of hydrogen-bond acceptors (Lipinski definition) is 4. The number of nitrogens with one attached hydrogen (secondary N) is 1. The van der Waals surface area contributed by atoms with Crippen LogP contribution in [0.4, 0.5) is 0 Å². The summed E-state index contributed by atoms with van der Waals surface area (Å²) in [6, 6.07) is 16.3. The summed E-state index contributed by atoms with van der Waals surface area (Å²) in [5.74, 6) is 0.866. The van der Waals surface area contributed by atoms with Gasteiger partial charge in [0.1, 0.15) is 25.0 Å². The van der Waals surface area contributed by atoms with Crippen molar-refractivity contribution in [2.24, 2.45) is 0 Å². The first-order chi connectivity index (χ1) is 12.2. The number of para-hydroxylation sites is 1. The third kappa shape index (κ3) is 4.78. The van der Waals surface area contributed by atoms with Crippen LogP contribution in [0.2, 0.25) is 0 Å². The topological polar surface area (TPSA) is 52.0 Å². The fourth-order valence-corrected chi connectivity index (χ4v) is 2.51. The van der Waals surface area contributed by atoms with Crippen LogP contribution < -0.4 is 10.1 Å². The van der Waals surface area contributed by atoms with Crippen LogP contribution in [-0.4, -0.2) is 21.4 Å². The molecule has 1 heterocycles. The Balaban J connectivity index is 1.60. The van der Waals surface area contributed by atoms with Crippen molar-refractivity contribution in [2.45, 2.75) is 20.0 Å². The van der Waals surface area contributed by atoms with Crippen molar-refractivity contribution in [3.05, 3.63) is 84.5 Å². The van der Waals surface area contributed by atoms with Crippen LogP contribution in [0.5, 0.6) is 5.75 Å². The lowest BCUT2D eigenvalue weighted by molar-refractivity contribution is 0.352. The van der Waals surface area contributed by atoms with E-state index in [1.54, 1.807) is 17.3 Å². The Morgan fingerprint density at radius 3 is 2.84 bits per heavy atom. The van der Waals surface area contributed by atoms with Crippen molar-refractivity contribution in [1.29, 1.82) is 0 Å². The molecular formula is C20H22N4O. The fraction of sp³-hybridized carbons (Fsp3) is 0.200. The van der Waals surface area contributed by atoms with E-state index in [4.69, 9.17) is 4.74 Å². The largest absolute Gasteiger partial charge is 0.489 e. The number of hydrogen-bond donors (Lipinski definition) is 1. The Bertz CT molecular complexity index is 827. The van der Waals surface area contributed by atoms with Crippen molar-refractivity contribution in [2.75, 3.05) is 6.61 Å². The van der Waals surface area contributed by atoms with Crippen molar-refractivity contribution in [3.63, 3.8) is 0 Å². The molecule has 0 amide bonds. The first-order valence-corrected chi connectivity index (χ1v) is 8.22. The molecule has 0 bridgehead atoms. The molecule has 3 rings (SSSR count). The summed E-state index contributed by atoms with van der Waals surface area (Å²) >= 11 is 0. The number of rotatable bonds is 8. The third-order valence-corrected chi connectivity index (χ3v) is 3.69. The highest BCUT2D eigenvalue weighted by Gasteiger charge is 2.04. The minimum atomic E-state index is 0.544. The molecule has 0 aliphatic carbocycles. The van der Waals surface area contributed by atoms with Gasteiger partial charge in [-0.1, -0.05) is 36.9 Å². The van der Waals surface area contributed by atoms with E-state index >= 15 is 0 Å². The fourth-order valence-electron chi connectivity index (χ4n) is 2.51. The van der Waals surface area contributed by atoms with E-state index in [0.29, 0.717) is 6.61 Å². The number of nitrogens with zero attached hydrogens (tertiary/aromatic N) is 3. The quantitative estimate of drug-likeness (QED) is 0.641. The molecule has 0 fully saturated rings. The smallest absolute Gasteiger partial charge is 0.138 e. The molecule has 5 nitrogen and oxygen atoms in total. The van der Waals surface area contributed by atoms with Gasteiger partial charge in [0.15, 0.2) is 0 Å². The molecule has 5 heteroatoms. The van der Waals surface area contributed by atoms with Gasteiger partial charge in [-0.15, -0.1) is 0 Å². The maximum Gasteiger partial charge on any atom is 0.138 e. The molecule has 25 heavy (non-hydrogen) atoms. The molecule has 1 aromatic heterocycles. The van der Waals surface area contributed by atoms with Crippen LogP contribution in [0.1, 0.15) is 18.1 Å². The van der Waals surface area contributed by atoms with Crippen molar-refractivity contribution in [3.8, 4) is 11.4 Å². The van der Waals surface area contributed by atoms with E-state index in [9.17, 15) is 0 Å². The molecule has 128 valence electrons. The highest BCUT2D eigenvalue weighted by Crippen LogP contribution is 2.15. The van der Waals surface area contributed by atoms with E-state index in [0.717, 1.165) is 30.1 Å². The molecule has 0 radical (unpaired) electrons. The summed E-state index contributed by atoms with van der Waals surface area (Å²) in [6.45, 7) is 7.86. The van der Waals surface area contributed by atoms with Gasteiger partial charge in [0, 0.05) is 13.1 Å². The second-order valence-corrected chi connectivity index (χ2v) is 5.97. The predicted octanol–water partition coefficient (Wildman–Crippen LogP) is 3.51. The summed E-state index contributed by atoms with van der Waals surface area (Å²) in [6.07, 6.45) is 3.25. The minimum Gasteiger partial charge on any atom is -0.489 e. The Morgan fingerprint density at radius 2 is 2.04 bits per heavy atom. The summed E-state index contributed by atoms with van der Waals surface area (Å²) in [5, 5.41) is 7.69. The molecule has 2 aromatic carbocycles. The zero-order chi connectivity index (χ0) is 17.5. The predicted molar refractivity (Wildman–Crippen MR) is 98.7 cm³/mol. The zero-order valence-electron chi connectivity index (χ0n) is 14.4. The average molecular weight is 334 g/mol. The van der Waals surface area contributed by atoms with Crippen LogP contribution in [-0.2, 0) is 13.1 Å². The second-order valence-electron chi connectivity index (χ2n) is 5.97. The van der Waals surface area contributed by atoms with Gasteiger partial charge in [-0.3, -0.25) is 0 Å². The van der Waals surface area contributed by atoms with Crippen LogP contribution >= 0.6 is 0 Å². The van der Waals surface area contributed by atoms with Gasteiger partial charge in [0.2, 0.25) is 0 Å². The van der Waals surface area contributed by atoms with Crippen molar-refractivity contribution in [1.82, 2.24) is 20.1 Å². The summed E-state index contributed by atoms with van der Waals surface area (Å²) < 4.78 is 7.48. The zero-order valence-corrected chi connectivity index (χ0v) is 14.4. The Labute approximate surface area is 148 Å². The molecule has 3 aromatic rings.